The molecular weight excluding hydrogens is 250 g/mol. The summed E-state index contributed by atoms with van der Waals surface area (Å²) in [4.78, 5) is 25.0. The van der Waals surface area contributed by atoms with E-state index in [0.717, 1.165) is 0 Å². The Bertz CT molecular complexity index is 312. The molecule has 104 valence electrons. The zero-order valence-electron chi connectivity index (χ0n) is 11.9. The van der Waals surface area contributed by atoms with Crippen molar-refractivity contribution >= 4 is 20.1 Å². The van der Waals surface area contributed by atoms with Crippen LogP contribution in [0.2, 0.25) is 19.6 Å². The second-order valence-corrected chi connectivity index (χ2v) is 10.7. The Balaban J connectivity index is 5.15. The minimum absolute atomic E-state index is 0.353. The first-order valence-corrected chi connectivity index (χ1v) is 9.51. The molecule has 18 heavy (non-hydrogen) atoms. The molecule has 0 aliphatic carbocycles. The first-order valence-electron chi connectivity index (χ1n) is 5.80. The van der Waals surface area contributed by atoms with E-state index in [1.165, 1.54) is 19.1 Å². The molecule has 0 heterocycles. The number of methoxy groups -OCH3 is 2. The summed E-state index contributed by atoms with van der Waals surface area (Å²) in [6.07, 6.45) is 1.98. The van der Waals surface area contributed by atoms with Gasteiger partial charge in [-0.2, -0.15) is 0 Å². The van der Waals surface area contributed by atoms with Crippen LogP contribution < -0.4 is 0 Å². The van der Waals surface area contributed by atoms with E-state index in [2.05, 4.69) is 26.2 Å². The second-order valence-electron chi connectivity index (χ2n) is 5.22. The lowest BCUT2D eigenvalue weighted by atomic mass is 10.2. The number of carbonyl (C=O) groups is 2. The van der Waals surface area contributed by atoms with Gasteiger partial charge in [-0.05, 0) is 6.42 Å². The third-order valence-corrected chi connectivity index (χ3v) is 3.58. The van der Waals surface area contributed by atoms with E-state index in [0.29, 0.717) is 12.6 Å². The van der Waals surface area contributed by atoms with Gasteiger partial charge in [-0.3, -0.25) is 4.90 Å². The Kier molecular flexibility index (Phi) is 6.68. The fraction of sp³-hybridized carbons (Fsp3) is 0.667. The summed E-state index contributed by atoms with van der Waals surface area (Å²) >= 11 is 0. The Morgan fingerprint density at radius 3 is 2.17 bits per heavy atom. The maximum Gasteiger partial charge on any atom is 0.409 e. The summed E-state index contributed by atoms with van der Waals surface area (Å²) in [7, 11) is 1.05. The van der Waals surface area contributed by atoms with Crippen LogP contribution >= 0.6 is 0 Å². The molecule has 0 spiro atoms. The molecule has 0 bridgehead atoms. The van der Waals surface area contributed by atoms with Crippen molar-refractivity contribution < 1.29 is 19.1 Å². The standard InChI is InChI=1S/C12H23NO4Si/c1-7-8-10(11(14)16-2)13(12(15)17-3)9-18(4,5)6/h7,10H,1,8-9H2,2-6H3. The third kappa shape index (κ3) is 5.35. The first kappa shape index (κ1) is 16.7. The van der Waals surface area contributed by atoms with Crippen LogP contribution in [0.25, 0.3) is 0 Å². The zero-order valence-corrected chi connectivity index (χ0v) is 12.9. The molecule has 1 unspecified atom stereocenters. The normalized spacial score (nSPS) is 12.5. The molecule has 0 rings (SSSR count). The van der Waals surface area contributed by atoms with Crippen LogP contribution in [0.15, 0.2) is 12.7 Å². The molecule has 0 saturated carbocycles. The summed E-state index contributed by atoms with van der Waals surface area (Å²) in [6, 6.07) is -0.660. The molecule has 0 aromatic carbocycles. The average Bonchev–Trinajstić information content (AvgIpc) is 2.30. The van der Waals surface area contributed by atoms with Crippen molar-refractivity contribution in [3.63, 3.8) is 0 Å². The van der Waals surface area contributed by atoms with Gasteiger partial charge in [0.15, 0.2) is 0 Å². The highest BCUT2D eigenvalue weighted by Crippen LogP contribution is 2.14. The maximum absolute atomic E-state index is 11.8. The number of hydrogen-bond acceptors (Lipinski definition) is 4. The van der Waals surface area contributed by atoms with Gasteiger partial charge >= 0.3 is 12.1 Å². The quantitative estimate of drug-likeness (QED) is 0.422. The molecular formula is C12H23NO4Si. The SMILES string of the molecule is C=CCC(C(=O)OC)N(C[Si](C)(C)C)C(=O)OC. The predicted molar refractivity (Wildman–Crippen MR) is 73.1 cm³/mol. The fourth-order valence-corrected chi connectivity index (χ4v) is 2.95. The number of ether oxygens (including phenoxy) is 2. The largest absolute Gasteiger partial charge is 0.467 e. The average molecular weight is 273 g/mol. The van der Waals surface area contributed by atoms with E-state index in [4.69, 9.17) is 9.47 Å². The molecule has 1 amide bonds. The van der Waals surface area contributed by atoms with Crippen molar-refractivity contribution in [1.29, 1.82) is 0 Å². The Labute approximate surface area is 110 Å². The first-order chi connectivity index (χ1) is 8.26. The Morgan fingerprint density at radius 1 is 1.28 bits per heavy atom. The van der Waals surface area contributed by atoms with E-state index in [-0.39, 0.29) is 0 Å². The number of amides is 1. The van der Waals surface area contributed by atoms with E-state index in [1.807, 2.05) is 0 Å². The van der Waals surface area contributed by atoms with Crippen molar-refractivity contribution in [2.45, 2.75) is 32.1 Å². The molecule has 0 aromatic heterocycles. The Hall–Kier alpha value is -1.30. The fourth-order valence-electron chi connectivity index (χ4n) is 1.57. The zero-order chi connectivity index (χ0) is 14.3. The molecule has 1 atom stereocenters. The molecule has 5 nitrogen and oxygen atoms in total. The van der Waals surface area contributed by atoms with E-state index in [9.17, 15) is 9.59 Å². The lowest BCUT2D eigenvalue weighted by Crippen LogP contribution is -2.52. The van der Waals surface area contributed by atoms with Crippen molar-refractivity contribution in [3.05, 3.63) is 12.7 Å². The number of nitrogens with zero attached hydrogens (tertiary/aromatic N) is 1. The number of esters is 1. The van der Waals surface area contributed by atoms with Crippen molar-refractivity contribution in [2.75, 3.05) is 20.4 Å². The monoisotopic (exact) mass is 273 g/mol. The van der Waals surface area contributed by atoms with Crippen LogP contribution in [-0.4, -0.2) is 51.5 Å². The van der Waals surface area contributed by atoms with Crippen molar-refractivity contribution in [1.82, 2.24) is 4.90 Å². The van der Waals surface area contributed by atoms with Gasteiger partial charge < -0.3 is 9.47 Å². The van der Waals surface area contributed by atoms with Crippen LogP contribution in [0.4, 0.5) is 4.79 Å². The minimum Gasteiger partial charge on any atom is -0.467 e. The highest BCUT2D eigenvalue weighted by Gasteiger charge is 2.33. The van der Waals surface area contributed by atoms with E-state index >= 15 is 0 Å². The molecule has 0 saturated heterocycles. The van der Waals surface area contributed by atoms with Crippen LogP contribution in [0, 0.1) is 0 Å². The highest BCUT2D eigenvalue weighted by molar-refractivity contribution is 6.76. The lowest BCUT2D eigenvalue weighted by Gasteiger charge is -2.32. The van der Waals surface area contributed by atoms with Crippen LogP contribution in [0.3, 0.4) is 0 Å². The number of carbonyl (C=O) groups excluding carboxylic acids is 2. The molecule has 0 N–H and O–H groups in total. The number of rotatable bonds is 6. The summed E-state index contributed by atoms with van der Waals surface area (Å²) in [6.45, 7) is 9.95. The lowest BCUT2D eigenvalue weighted by molar-refractivity contribution is -0.146. The highest BCUT2D eigenvalue weighted by atomic mass is 28.3. The van der Waals surface area contributed by atoms with Crippen LogP contribution in [0.5, 0.6) is 0 Å². The van der Waals surface area contributed by atoms with Gasteiger partial charge in [0.25, 0.3) is 0 Å². The predicted octanol–water partition coefficient (Wildman–Crippen LogP) is 2.05. The van der Waals surface area contributed by atoms with E-state index < -0.39 is 26.2 Å². The van der Waals surface area contributed by atoms with Gasteiger partial charge in [-0.25, -0.2) is 9.59 Å². The third-order valence-electron chi connectivity index (χ3n) is 2.29. The molecule has 0 aliphatic rings. The second kappa shape index (κ2) is 7.20. The topological polar surface area (TPSA) is 55.8 Å². The van der Waals surface area contributed by atoms with Gasteiger partial charge in [-0.1, -0.05) is 25.7 Å². The summed E-state index contributed by atoms with van der Waals surface area (Å²) < 4.78 is 9.48. The summed E-state index contributed by atoms with van der Waals surface area (Å²) in [5, 5.41) is 0. The molecule has 0 radical (unpaired) electrons. The van der Waals surface area contributed by atoms with Crippen LogP contribution in [0.1, 0.15) is 6.42 Å². The van der Waals surface area contributed by atoms with Crippen molar-refractivity contribution in [3.8, 4) is 0 Å². The molecule has 6 heteroatoms. The maximum atomic E-state index is 11.8. The van der Waals surface area contributed by atoms with E-state index in [1.54, 1.807) is 6.08 Å². The number of hydrogen-bond donors (Lipinski definition) is 0. The molecule has 0 aromatic rings. The van der Waals surface area contributed by atoms with Gasteiger partial charge in [0.05, 0.1) is 22.3 Å². The smallest absolute Gasteiger partial charge is 0.409 e. The molecule has 0 aliphatic heterocycles. The summed E-state index contributed by atoms with van der Waals surface area (Å²) in [5.74, 6) is -0.446. The Morgan fingerprint density at radius 2 is 1.83 bits per heavy atom. The van der Waals surface area contributed by atoms with Gasteiger partial charge in [0, 0.05) is 6.17 Å². The van der Waals surface area contributed by atoms with Gasteiger partial charge in [0.2, 0.25) is 0 Å². The summed E-state index contributed by atoms with van der Waals surface area (Å²) in [5.41, 5.74) is 0. The molecule has 0 fully saturated rings. The van der Waals surface area contributed by atoms with Crippen molar-refractivity contribution in [2.24, 2.45) is 0 Å². The minimum atomic E-state index is -1.57. The van der Waals surface area contributed by atoms with Gasteiger partial charge in [0.1, 0.15) is 6.04 Å². The van der Waals surface area contributed by atoms with Crippen LogP contribution in [-0.2, 0) is 14.3 Å². The van der Waals surface area contributed by atoms with Gasteiger partial charge in [-0.15, -0.1) is 6.58 Å².